The van der Waals surface area contributed by atoms with Gasteiger partial charge in [-0.3, -0.25) is 9.69 Å². The quantitative estimate of drug-likeness (QED) is 0.895. The number of Topliss-reactive ketones (excluding diaryl/α,β-unsaturated/α-hetero) is 1. The van der Waals surface area contributed by atoms with Crippen LogP contribution in [0, 0.1) is 0 Å². The van der Waals surface area contributed by atoms with Crippen molar-refractivity contribution in [2.24, 2.45) is 0 Å². The molecule has 1 aliphatic rings. The molecule has 0 bridgehead atoms. The first-order valence-electron chi connectivity index (χ1n) is 6.65. The van der Waals surface area contributed by atoms with Crippen molar-refractivity contribution in [1.29, 1.82) is 0 Å². The average Bonchev–Trinajstić information content (AvgIpc) is 2.42. The molecule has 0 amide bonds. The first kappa shape index (κ1) is 14.2. The molecule has 1 fully saturated rings. The number of halogens is 1. The van der Waals surface area contributed by atoms with Crippen molar-refractivity contribution in [2.45, 2.75) is 32.2 Å². The van der Waals surface area contributed by atoms with E-state index < -0.39 is 0 Å². The maximum absolute atomic E-state index is 12.1. The highest BCUT2D eigenvalue weighted by Crippen LogP contribution is 2.15. The predicted octanol–water partition coefficient (Wildman–Crippen LogP) is 1.99. The van der Waals surface area contributed by atoms with Gasteiger partial charge >= 0.3 is 0 Å². The number of carbonyl (C=O) groups excluding carboxylic acids is 1. The standard InChI is InChI=1S/C13H19ClN4O/c1-10(17-13-12(14)15-5-6-16-13)11(19)9-18-7-3-2-4-8-18/h5-6,10H,2-4,7-9H2,1H3,(H,16,17). The van der Waals surface area contributed by atoms with Crippen LogP contribution in [-0.4, -0.2) is 46.3 Å². The Kier molecular flexibility index (Phi) is 5.10. The first-order chi connectivity index (χ1) is 9.16. The lowest BCUT2D eigenvalue weighted by Crippen LogP contribution is -2.40. The maximum atomic E-state index is 12.1. The summed E-state index contributed by atoms with van der Waals surface area (Å²) in [4.78, 5) is 22.3. The molecule has 0 aliphatic carbocycles. The number of carbonyl (C=O) groups is 1. The summed E-state index contributed by atoms with van der Waals surface area (Å²) >= 11 is 5.91. The van der Waals surface area contributed by atoms with Gasteiger partial charge in [0.1, 0.15) is 0 Å². The highest BCUT2D eigenvalue weighted by atomic mass is 35.5. The number of hydrogen-bond donors (Lipinski definition) is 1. The van der Waals surface area contributed by atoms with Crippen LogP contribution >= 0.6 is 11.6 Å². The van der Waals surface area contributed by atoms with Crippen molar-refractivity contribution in [3.05, 3.63) is 17.5 Å². The molecule has 1 atom stereocenters. The maximum Gasteiger partial charge on any atom is 0.171 e. The second-order valence-electron chi connectivity index (χ2n) is 4.86. The van der Waals surface area contributed by atoms with Gasteiger partial charge in [0.05, 0.1) is 12.6 Å². The van der Waals surface area contributed by atoms with E-state index in [0.29, 0.717) is 17.5 Å². The van der Waals surface area contributed by atoms with Crippen LogP contribution in [0.15, 0.2) is 12.4 Å². The number of rotatable bonds is 5. The Morgan fingerprint density at radius 1 is 1.37 bits per heavy atom. The smallest absolute Gasteiger partial charge is 0.171 e. The zero-order valence-electron chi connectivity index (χ0n) is 11.1. The van der Waals surface area contributed by atoms with Gasteiger partial charge in [0.2, 0.25) is 0 Å². The molecule has 1 aliphatic heterocycles. The molecule has 5 nitrogen and oxygen atoms in total. The number of nitrogens with zero attached hydrogens (tertiary/aromatic N) is 3. The molecule has 6 heteroatoms. The molecule has 1 saturated heterocycles. The second-order valence-corrected chi connectivity index (χ2v) is 5.22. The normalized spacial score (nSPS) is 18.0. The molecule has 19 heavy (non-hydrogen) atoms. The molecule has 0 spiro atoms. The summed E-state index contributed by atoms with van der Waals surface area (Å²) < 4.78 is 0. The highest BCUT2D eigenvalue weighted by Gasteiger charge is 2.19. The van der Waals surface area contributed by atoms with E-state index >= 15 is 0 Å². The molecule has 1 aromatic heterocycles. The van der Waals surface area contributed by atoms with Gasteiger partial charge in [-0.2, -0.15) is 0 Å². The number of ketones is 1. The second kappa shape index (κ2) is 6.82. The Labute approximate surface area is 118 Å². The average molecular weight is 283 g/mol. The molecule has 1 unspecified atom stereocenters. The summed E-state index contributed by atoms with van der Waals surface area (Å²) in [5.41, 5.74) is 0. The number of anilines is 1. The fourth-order valence-corrected chi connectivity index (χ4v) is 2.34. The number of hydrogen-bond acceptors (Lipinski definition) is 5. The summed E-state index contributed by atoms with van der Waals surface area (Å²) in [7, 11) is 0. The number of likely N-dealkylation sites (tertiary alicyclic amines) is 1. The van der Waals surface area contributed by atoms with Crippen molar-refractivity contribution in [1.82, 2.24) is 14.9 Å². The minimum absolute atomic E-state index is 0.156. The zero-order chi connectivity index (χ0) is 13.7. The Hall–Kier alpha value is -1.20. The lowest BCUT2D eigenvalue weighted by atomic mass is 10.1. The molecular weight excluding hydrogens is 264 g/mol. The fourth-order valence-electron chi connectivity index (χ4n) is 2.18. The van der Waals surface area contributed by atoms with E-state index in [9.17, 15) is 4.79 Å². The van der Waals surface area contributed by atoms with Gasteiger partial charge < -0.3 is 5.32 Å². The van der Waals surface area contributed by atoms with Gasteiger partial charge in [0, 0.05) is 12.4 Å². The summed E-state index contributed by atoms with van der Waals surface area (Å²) in [5.74, 6) is 0.618. The van der Waals surface area contributed by atoms with Gasteiger partial charge in [-0.1, -0.05) is 18.0 Å². The molecule has 2 rings (SSSR count). The number of nitrogens with one attached hydrogen (secondary N) is 1. The Morgan fingerprint density at radius 3 is 2.74 bits per heavy atom. The minimum atomic E-state index is -0.309. The number of aromatic nitrogens is 2. The van der Waals surface area contributed by atoms with Gasteiger partial charge in [0.25, 0.3) is 0 Å². The molecule has 0 saturated carbocycles. The van der Waals surface area contributed by atoms with Gasteiger partial charge in [-0.15, -0.1) is 0 Å². The highest BCUT2D eigenvalue weighted by molar-refractivity contribution is 6.31. The third-order valence-corrected chi connectivity index (χ3v) is 3.59. The summed E-state index contributed by atoms with van der Waals surface area (Å²) in [5, 5.41) is 3.31. The van der Waals surface area contributed by atoms with Crippen molar-refractivity contribution in [2.75, 3.05) is 25.0 Å². The number of piperidine rings is 1. The van der Waals surface area contributed by atoms with E-state index in [4.69, 9.17) is 11.6 Å². The van der Waals surface area contributed by atoms with Crippen LogP contribution < -0.4 is 5.32 Å². The van der Waals surface area contributed by atoms with E-state index in [2.05, 4.69) is 20.2 Å². The van der Waals surface area contributed by atoms with Crippen LogP contribution in [0.3, 0.4) is 0 Å². The Bertz CT molecular complexity index is 434. The molecule has 2 heterocycles. The SMILES string of the molecule is CC(Nc1nccnc1Cl)C(=O)CN1CCCCC1. The minimum Gasteiger partial charge on any atom is -0.358 e. The van der Waals surface area contributed by atoms with Crippen molar-refractivity contribution in [3.63, 3.8) is 0 Å². The van der Waals surface area contributed by atoms with Gasteiger partial charge in [-0.25, -0.2) is 9.97 Å². The van der Waals surface area contributed by atoms with Crippen molar-refractivity contribution in [3.8, 4) is 0 Å². The lowest BCUT2D eigenvalue weighted by Gasteiger charge is -2.27. The third kappa shape index (κ3) is 4.14. The summed E-state index contributed by atoms with van der Waals surface area (Å²) in [6, 6.07) is -0.309. The largest absolute Gasteiger partial charge is 0.358 e. The third-order valence-electron chi connectivity index (χ3n) is 3.32. The summed E-state index contributed by atoms with van der Waals surface area (Å²) in [6.45, 7) is 4.36. The summed E-state index contributed by atoms with van der Waals surface area (Å²) in [6.07, 6.45) is 6.72. The van der Waals surface area contributed by atoms with E-state index in [1.807, 2.05) is 6.92 Å². The Balaban J connectivity index is 1.87. The van der Waals surface area contributed by atoms with Crippen LogP contribution in [0.25, 0.3) is 0 Å². The first-order valence-corrected chi connectivity index (χ1v) is 7.02. The van der Waals surface area contributed by atoms with E-state index in [1.54, 1.807) is 6.20 Å². The molecule has 104 valence electrons. The molecular formula is C13H19ClN4O. The lowest BCUT2D eigenvalue weighted by molar-refractivity contribution is -0.120. The van der Waals surface area contributed by atoms with E-state index in [-0.39, 0.29) is 11.8 Å². The van der Waals surface area contributed by atoms with Crippen LogP contribution in [0.4, 0.5) is 5.82 Å². The van der Waals surface area contributed by atoms with Crippen molar-refractivity contribution >= 4 is 23.2 Å². The molecule has 1 aromatic rings. The van der Waals surface area contributed by atoms with Crippen LogP contribution in [-0.2, 0) is 4.79 Å². The van der Waals surface area contributed by atoms with Gasteiger partial charge in [0.15, 0.2) is 16.8 Å². The van der Waals surface area contributed by atoms with E-state index in [1.165, 1.54) is 25.5 Å². The van der Waals surface area contributed by atoms with Crippen LogP contribution in [0.1, 0.15) is 26.2 Å². The molecule has 0 aromatic carbocycles. The molecule has 1 N–H and O–H groups in total. The van der Waals surface area contributed by atoms with Crippen LogP contribution in [0.2, 0.25) is 5.15 Å². The fraction of sp³-hybridized carbons (Fsp3) is 0.615. The monoisotopic (exact) mass is 282 g/mol. The zero-order valence-corrected chi connectivity index (χ0v) is 11.9. The topological polar surface area (TPSA) is 58.1 Å². The molecule has 0 radical (unpaired) electrons. The van der Waals surface area contributed by atoms with E-state index in [0.717, 1.165) is 13.1 Å². The van der Waals surface area contributed by atoms with Gasteiger partial charge in [-0.05, 0) is 32.9 Å². The van der Waals surface area contributed by atoms with Crippen LogP contribution in [0.5, 0.6) is 0 Å². The Morgan fingerprint density at radius 2 is 2.05 bits per heavy atom. The predicted molar refractivity (Wildman–Crippen MR) is 75.4 cm³/mol. The van der Waals surface area contributed by atoms with Crippen molar-refractivity contribution < 1.29 is 4.79 Å².